The zero-order valence-corrected chi connectivity index (χ0v) is 13.3. The van der Waals surface area contributed by atoms with Crippen molar-refractivity contribution in [2.24, 2.45) is 11.7 Å². The van der Waals surface area contributed by atoms with Crippen LogP contribution in [0, 0.1) is 5.92 Å². The quantitative estimate of drug-likeness (QED) is 0.827. The van der Waals surface area contributed by atoms with E-state index in [1.165, 1.54) is 0 Å². The second-order valence-corrected chi connectivity index (χ2v) is 5.77. The maximum Gasteiger partial charge on any atom is 0.261 e. The molecule has 0 heterocycles. The van der Waals surface area contributed by atoms with Crippen LogP contribution >= 0.6 is 15.9 Å². The van der Waals surface area contributed by atoms with Gasteiger partial charge in [0.1, 0.15) is 11.8 Å². The van der Waals surface area contributed by atoms with E-state index in [2.05, 4.69) is 21.2 Å². The Morgan fingerprint density at radius 3 is 2.45 bits per heavy atom. The molecule has 1 aromatic rings. The van der Waals surface area contributed by atoms with E-state index in [1.54, 1.807) is 19.1 Å². The number of rotatable bonds is 6. The number of primary amides is 1. The molecule has 0 aliphatic carbocycles. The number of carbonyl (C=O) groups excluding carboxylic acids is 2. The molecule has 0 aromatic heterocycles. The van der Waals surface area contributed by atoms with Crippen LogP contribution < -0.4 is 15.8 Å². The summed E-state index contributed by atoms with van der Waals surface area (Å²) < 4.78 is 6.38. The Morgan fingerprint density at radius 1 is 1.30 bits per heavy atom. The van der Waals surface area contributed by atoms with E-state index < -0.39 is 18.1 Å². The highest BCUT2D eigenvalue weighted by molar-refractivity contribution is 9.10. The van der Waals surface area contributed by atoms with Gasteiger partial charge in [-0.2, -0.15) is 0 Å². The fourth-order valence-corrected chi connectivity index (χ4v) is 2.01. The third-order valence-corrected chi connectivity index (χ3v) is 3.24. The Hall–Kier alpha value is -1.56. The highest BCUT2D eigenvalue weighted by atomic mass is 79.9. The maximum atomic E-state index is 12.0. The Balaban J connectivity index is 2.65. The van der Waals surface area contributed by atoms with Gasteiger partial charge in [-0.25, -0.2) is 0 Å². The van der Waals surface area contributed by atoms with Gasteiger partial charge in [-0.15, -0.1) is 0 Å². The van der Waals surface area contributed by atoms with Crippen LogP contribution in [0.3, 0.4) is 0 Å². The molecule has 2 atom stereocenters. The minimum atomic E-state index is -0.718. The zero-order chi connectivity index (χ0) is 15.3. The lowest BCUT2D eigenvalue weighted by molar-refractivity contribution is -0.132. The summed E-state index contributed by atoms with van der Waals surface area (Å²) in [4.78, 5) is 23.3. The molecule has 110 valence electrons. The standard InChI is InChI=1S/C14H19BrN2O3/c1-8(2)12(13(16)18)17-14(19)9(3)20-11-6-4-5-10(15)7-11/h4-9,12H,1-3H3,(H2,16,18)(H,17,19)/t9-,12-/m1/s1. The van der Waals surface area contributed by atoms with Crippen molar-refractivity contribution in [3.8, 4) is 5.75 Å². The van der Waals surface area contributed by atoms with Gasteiger partial charge in [-0.3, -0.25) is 9.59 Å². The van der Waals surface area contributed by atoms with Crippen molar-refractivity contribution < 1.29 is 14.3 Å². The number of ether oxygens (including phenoxy) is 1. The zero-order valence-electron chi connectivity index (χ0n) is 11.7. The number of amides is 2. The first kappa shape index (κ1) is 16.5. The predicted octanol–water partition coefficient (Wildman–Crippen LogP) is 1.84. The minimum Gasteiger partial charge on any atom is -0.481 e. The molecule has 5 nitrogen and oxygen atoms in total. The molecule has 6 heteroatoms. The average molecular weight is 343 g/mol. The average Bonchev–Trinajstić information content (AvgIpc) is 2.34. The van der Waals surface area contributed by atoms with E-state index in [9.17, 15) is 9.59 Å². The lowest BCUT2D eigenvalue weighted by Crippen LogP contribution is -2.51. The summed E-state index contributed by atoms with van der Waals surface area (Å²) in [6.07, 6.45) is -0.718. The van der Waals surface area contributed by atoms with Crippen molar-refractivity contribution >= 4 is 27.7 Å². The number of benzene rings is 1. The number of carbonyl (C=O) groups is 2. The van der Waals surface area contributed by atoms with E-state index in [0.717, 1.165) is 4.47 Å². The molecule has 0 saturated carbocycles. The molecular weight excluding hydrogens is 324 g/mol. The normalized spacial score (nSPS) is 13.7. The molecule has 0 spiro atoms. The fraction of sp³-hybridized carbons (Fsp3) is 0.429. The minimum absolute atomic E-state index is 0.0745. The van der Waals surface area contributed by atoms with Crippen LogP contribution in [0.2, 0.25) is 0 Å². The van der Waals surface area contributed by atoms with Gasteiger partial charge in [0.25, 0.3) is 5.91 Å². The van der Waals surface area contributed by atoms with Gasteiger partial charge < -0.3 is 15.8 Å². The van der Waals surface area contributed by atoms with Crippen LogP contribution in [-0.2, 0) is 9.59 Å². The van der Waals surface area contributed by atoms with Crippen molar-refractivity contribution in [2.75, 3.05) is 0 Å². The van der Waals surface area contributed by atoms with Gasteiger partial charge >= 0.3 is 0 Å². The first-order chi connectivity index (χ1) is 9.31. The topological polar surface area (TPSA) is 81.4 Å². The summed E-state index contributed by atoms with van der Waals surface area (Å²) in [6, 6.07) is 6.49. The fourth-order valence-electron chi connectivity index (χ4n) is 1.63. The Morgan fingerprint density at radius 2 is 1.95 bits per heavy atom. The Labute approximate surface area is 127 Å². The summed E-state index contributed by atoms with van der Waals surface area (Å²) in [5, 5.41) is 2.60. The molecule has 20 heavy (non-hydrogen) atoms. The number of halogens is 1. The van der Waals surface area contributed by atoms with Gasteiger partial charge in [-0.1, -0.05) is 35.8 Å². The summed E-state index contributed by atoms with van der Waals surface area (Å²) in [5.41, 5.74) is 5.26. The van der Waals surface area contributed by atoms with Crippen molar-refractivity contribution in [3.05, 3.63) is 28.7 Å². The summed E-state index contributed by atoms with van der Waals surface area (Å²) in [7, 11) is 0. The molecule has 0 bridgehead atoms. The number of nitrogens with two attached hydrogens (primary N) is 1. The van der Waals surface area contributed by atoms with Crippen LogP contribution in [0.4, 0.5) is 0 Å². The molecule has 0 unspecified atom stereocenters. The van der Waals surface area contributed by atoms with Crippen LogP contribution in [0.15, 0.2) is 28.7 Å². The Kier molecular flexibility index (Phi) is 6.01. The lowest BCUT2D eigenvalue weighted by Gasteiger charge is -2.21. The molecule has 1 aromatic carbocycles. The summed E-state index contributed by atoms with van der Waals surface area (Å²) in [6.45, 7) is 5.25. The van der Waals surface area contributed by atoms with Gasteiger partial charge in [-0.05, 0) is 31.0 Å². The Bertz CT molecular complexity index is 491. The van der Waals surface area contributed by atoms with Crippen LogP contribution in [0.1, 0.15) is 20.8 Å². The molecule has 3 N–H and O–H groups in total. The van der Waals surface area contributed by atoms with E-state index in [1.807, 2.05) is 26.0 Å². The molecule has 0 radical (unpaired) electrons. The smallest absolute Gasteiger partial charge is 0.261 e. The second kappa shape index (κ2) is 7.28. The van der Waals surface area contributed by atoms with E-state index in [4.69, 9.17) is 10.5 Å². The highest BCUT2D eigenvalue weighted by Crippen LogP contribution is 2.19. The van der Waals surface area contributed by atoms with E-state index >= 15 is 0 Å². The molecule has 0 saturated heterocycles. The third-order valence-electron chi connectivity index (χ3n) is 2.75. The SMILES string of the molecule is CC(C)[C@@H](NC(=O)[C@@H](C)Oc1cccc(Br)c1)C(N)=O. The first-order valence-corrected chi connectivity index (χ1v) is 7.12. The first-order valence-electron chi connectivity index (χ1n) is 6.33. The van der Waals surface area contributed by atoms with Gasteiger partial charge in [0.05, 0.1) is 0 Å². The molecule has 0 aliphatic heterocycles. The summed E-state index contributed by atoms with van der Waals surface area (Å²) >= 11 is 3.33. The van der Waals surface area contributed by atoms with Crippen LogP contribution in [0.25, 0.3) is 0 Å². The van der Waals surface area contributed by atoms with Crippen molar-refractivity contribution in [2.45, 2.75) is 32.9 Å². The van der Waals surface area contributed by atoms with Gasteiger partial charge in [0.15, 0.2) is 6.10 Å². The predicted molar refractivity (Wildman–Crippen MR) is 80.2 cm³/mol. The molecule has 0 fully saturated rings. The maximum absolute atomic E-state index is 12.0. The van der Waals surface area contributed by atoms with Crippen molar-refractivity contribution in [1.29, 1.82) is 0 Å². The monoisotopic (exact) mass is 342 g/mol. The van der Waals surface area contributed by atoms with Crippen LogP contribution in [0.5, 0.6) is 5.75 Å². The van der Waals surface area contributed by atoms with Crippen LogP contribution in [-0.4, -0.2) is 24.0 Å². The second-order valence-electron chi connectivity index (χ2n) is 4.85. The van der Waals surface area contributed by atoms with Gasteiger partial charge in [0, 0.05) is 4.47 Å². The highest BCUT2D eigenvalue weighted by Gasteiger charge is 2.25. The van der Waals surface area contributed by atoms with Crippen molar-refractivity contribution in [1.82, 2.24) is 5.32 Å². The lowest BCUT2D eigenvalue weighted by atomic mass is 10.0. The molecular formula is C14H19BrN2O3. The largest absolute Gasteiger partial charge is 0.481 e. The number of hydrogen-bond donors (Lipinski definition) is 2. The molecule has 1 rings (SSSR count). The number of nitrogens with one attached hydrogen (secondary N) is 1. The summed E-state index contributed by atoms with van der Waals surface area (Å²) in [5.74, 6) is -0.429. The third kappa shape index (κ3) is 4.85. The van der Waals surface area contributed by atoms with E-state index in [-0.39, 0.29) is 11.8 Å². The molecule has 2 amide bonds. The molecule has 0 aliphatic rings. The van der Waals surface area contributed by atoms with Crippen molar-refractivity contribution in [3.63, 3.8) is 0 Å². The van der Waals surface area contributed by atoms with Gasteiger partial charge in [0.2, 0.25) is 5.91 Å². The number of hydrogen-bond acceptors (Lipinski definition) is 3. The van der Waals surface area contributed by atoms with E-state index in [0.29, 0.717) is 5.75 Å².